The molecule has 1 aliphatic rings. The summed E-state index contributed by atoms with van der Waals surface area (Å²) in [6.07, 6.45) is 0. The number of guanidine groups is 1. The molecule has 8 heteroatoms. The van der Waals surface area contributed by atoms with Crippen LogP contribution in [0.2, 0.25) is 0 Å². The molecule has 1 aliphatic heterocycles. The summed E-state index contributed by atoms with van der Waals surface area (Å²) < 4.78 is 32.6. The highest BCUT2D eigenvalue weighted by molar-refractivity contribution is 14.0. The fourth-order valence-corrected chi connectivity index (χ4v) is 3.27. The van der Waals surface area contributed by atoms with Crippen molar-refractivity contribution in [3.05, 3.63) is 71.3 Å². The van der Waals surface area contributed by atoms with Crippen LogP contribution in [0.3, 0.4) is 0 Å². The Bertz CT molecular complexity index is 783. The van der Waals surface area contributed by atoms with E-state index < -0.39 is 0 Å². The molecular formula is C21H27F2IN4O. The third kappa shape index (κ3) is 6.90. The fraction of sp³-hybridized carbons (Fsp3) is 0.381. The van der Waals surface area contributed by atoms with Gasteiger partial charge in [-0.05, 0) is 23.8 Å². The van der Waals surface area contributed by atoms with Gasteiger partial charge in [0.05, 0.1) is 19.3 Å². The Morgan fingerprint density at radius 3 is 2.41 bits per heavy atom. The molecule has 2 aromatic rings. The van der Waals surface area contributed by atoms with E-state index in [1.165, 1.54) is 18.2 Å². The molecule has 0 aromatic heterocycles. The average molecular weight is 516 g/mol. The van der Waals surface area contributed by atoms with Gasteiger partial charge in [-0.3, -0.25) is 9.89 Å². The number of morpholine rings is 1. The SMILES string of the molecule is CN=C(NCc1ccccc1F)NCC(c1ccc(F)cc1)N1CCOCC1.I. The lowest BCUT2D eigenvalue weighted by molar-refractivity contribution is 0.0170. The first-order valence-corrected chi connectivity index (χ1v) is 9.42. The Morgan fingerprint density at radius 2 is 1.76 bits per heavy atom. The minimum atomic E-state index is -0.250. The first-order chi connectivity index (χ1) is 13.7. The van der Waals surface area contributed by atoms with Crippen molar-refractivity contribution in [2.75, 3.05) is 39.9 Å². The van der Waals surface area contributed by atoms with Gasteiger partial charge in [0.2, 0.25) is 0 Å². The summed E-state index contributed by atoms with van der Waals surface area (Å²) in [7, 11) is 1.68. The fourth-order valence-electron chi connectivity index (χ4n) is 3.27. The molecule has 0 radical (unpaired) electrons. The van der Waals surface area contributed by atoms with Gasteiger partial charge >= 0.3 is 0 Å². The highest BCUT2D eigenvalue weighted by Gasteiger charge is 2.23. The van der Waals surface area contributed by atoms with Gasteiger partial charge in [0.1, 0.15) is 11.6 Å². The Labute approximate surface area is 187 Å². The number of hydrogen-bond donors (Lipinski definition) is 2. The molecule has 1 fully saturated rings. The van der Waals surface area contributed by atoms with Crippen molar-refractivity contribution in [1.82, 2.24) is 15.5 Å². The second-order valence-corrected chi connectivity index (χ2v) is 6.61. The van der Waals surface area contributed by atoms with Crippen LogP contribution in [0.5, 0.6) is 0 Å². The molecule has 0 aliphatic carbocycles. The van der Waals surface area contributed by atoms with Crippen molar-refractivity contribution < 1.29 is 13.5 Å². The van der Waals surface area contributed by atoms with Crippen molar-refractivity contribution in [2.45, 2.75) is 12.6 Å². The minimum Gasteiger partial charge on any atom is -0.379 e. The quantitative estimate of drug-likeness (QED) is 0.352. The topological polar surface area (TPSA) is 48.9 Å². The molecule has 158 valence electrons. The first-order valence-electron chi connectivity index (χ1n) is 9.42. The molecule has 5 nitrogen and oxygen atoms in total. The van der Waals surface area contributed by atoms with E-state index in [4.69, 9.17) is 4.74 Å². The number of benzene rings is 2. The third-order valence-corrected chi connectivity index (χ3v) is 4.83. The smallest absolute Gasteiger partial charge is 0.191 e. The van der Waals surface area contributed by atoms with Crippen LogP contribution in [0.4, 0.5) is 8.78 Å². The zero-order valence-corrected chi connectivity index (χ0v) is 18.7. The van der Waals surface area contributed by atoms with Gasteiger partial charge < -0.3 is 15.4 Å². The van der Waals surface area contributed by atoms with Crippen molar-refractivity contribution in [3.8, 4) is 0 Å². The van der Waals surface area contributed by atoms with Crippen LogP contribution in [0.1, 0.15) is 17.2 Å². The summed E-state index contributed by atoms with van der Waals surface area (Å²) >= 11 is 0. The lowest BCUT2D eigenvalue weighted by Gasteiger charge is -2.35. The van der Waals surface area contributed by atoms with Crippen LogP contribution in [0.15, 0.2) is 53.5 Å². The Morgan fingerprint density at radius 1 is 1.07 bits per heavy atom. The number of nitrogens with zero attached hydrogens (tertiary/aromatic N) is 2. The van der Waals surface area contributed by atoms with Crippen molar-refractivity contribution in [2.24, 2.45) is 4.99 Å². The normalized spacial score (nSPS) is 16.0. The molecule has 0 saturated carbocycles. The van der Waals surface area contributed by atoms with Crippen molar-refractivity contribution in [3.63, 3.8) is 0 Å². The molecule has 1 heterocycles. The van der Waals surface area contributed by atoms with Crippen LogP contribution < -0.4 is 10.6 Å². The number of nitrogens with one attached hydrogen (secondary N) is 2. The molecule has 1 atom stereocenters. The van der Waals surface area contributed by atoms with E-state index in [1.807, 2.05) is 12.1 Å². The molecule has 2 aromatic carbocycles. The van der Waals surface area contributed by atoms with E-state index in [-0.39, 0.29) is 41.7 Å². The summed E-state index contributed by atoms with van der Waals surface area (Å²) in [4.78, 5) is 6.54. The van der Waals surface area contributed by atoms with Gasteiger partial charge in [-0.15, -0.1) is 24.0 Å². The molecule has 0 spiro atoms. The largest absolute Gasteiger partial charge is 0.379 e. The molecule has 2 N–H and O–H groups in total. The van der Waals surface area contributed by atoms with E-state index in [9.17, 15) is 8.78 Å². The number of ether oxygens (including phenoxy) is 1. The zero-order valence-electron chi connectivity index (χ0n) is 16.4. The Balaban J connectivity index is 0.00000300. The van der Waals surface area contributed by atoms with Crippen molar-refractivity contribution in [1.29, 1.82) is 0 Å². The lowest BCUT2D eigenvalue weighted by atomic mass is 10.0. The molecular weight excluding hydrogens is 489 g/mol. The Hall–Kier alpha value is -1.78. The zero-order chi connectivity index (χ0) is 19.8. The summed E-state index contributed by atoms with van der Waals surface area (Å²) in [5.41, 5.74) is 1.61. The van der Waals surface area contributed by atoms with E-state index in [0.717, 1.165) is 18.7 Å². The van der Waals surface area contributed by atoms with E-state index >= 15 is 0 Å². The summed E-state index contributed by atoms with van der Waals surface area (Å²) in [6, 6.07) is 13.3. The second-order valence-electron chi connectivity index (χ2n) is 6.61. The van der Waals surface area contributed by atoms with E-state index in [2.05, 4.69) is 20.5 Å². The molecule has 29 heavy (non-hydrogen) atoms. The molecule has 1 saturated heterocycles. The average Bonchev–Trinajstić information content (AvgIpc) is 2.73. The van der Waals surface area contributed by atoms with Gasteiger partial charge in [0.25, 0.3) is 0 Å². The van der Waals surface area contributed by atoms with Gasteiger partial charge in [0, 0.05) is 38.8 Å². The molecule has 1 unspecified atom stereocenters. The predicted octanol–water partition coefficient (Wildman–Crippen LogP) is 3.32. The molecule has 0 amide bonds. The van der Waals surface area contributed by atoms with Crippen LogP contribution in [0.25, 0.3) is 0 Å². The van der Waals surface area contributed by atoms with Gasteiger partial charge in [0.15, 0.2) is 5.96 Å². The highest BCUT2D eigenvalue weighted by Crippen LogP contribution is 2.21. The number of aliphatic imine (C=N–C) groups is 1. The maximum Gasteiger partial charge on any atom is 0.191 e. The molecule has 0 bridgehead atoms. The van der Waals surface area contributed by atoms with Crippen LogP contribution in [0, 0.1) is 11.6 Å². The van der Waals surface area contributed by atoms with Gasteiger partial charge in [-0.1, -0.05) is 30.3 Å². The summed E-state index contributed by atoms with van der Waals surface area (Å²) in [5.74, 6) is 0.0892. The van der Waals surface area contributed by atoms with Gasteiger partial charge in [-0.2, -0.15) is 0 Å². The van der Waals surface area contributed by atoms with Gasteiger partial charge in [-0.25, -0.2) is 8.78 Å². The maximum atomic E-state index is 13.8. The van der Waals surface area contributed by atoms with Crippen LogP contribution in [-0.4, -0.2) is 50.8 Å². The van der Waals surface area contributed by atoms with Crippen LogP contribution in [-0.2, 0) is 11.3 Å². The number of hydrogen-bond acceptors (Lipinski definition) is 3. The number of halogens is 3. The Kier molecular flexibility index (Phi) is 9.75. The standard InChI is InChI=1S/C21H26F2N4O.HI/c1-24-21(25-14-17-4-2-3-5-19(17)23)26-15-20(27-10-12-28-13-11-27)16-6-8-18(22)9-7-16;/h2-9,20H,10-15H2,1H3,(H2,24,25,26);1H. The monoisotopic (exact) mass is 516 g/mol. The second kappa shape index (κ2) is 12.0. The summed E-state index contributed by atoms with van der Waals surface area (Å²) in [6.45, 7) is 3.90. The van der Waals surface area contributed by atoms with Crippen molar-refractivity contribution >= 4 is 29.9 Å². The predicted molar refractivity (Wildman–Crippen MR) is 122 cm³/mol. The maximum absolute atomic E-state index is 13.8. The van der Waals surface area contributed by atoms with E-state index in [0.29, 0.717) is 37.8 Å². The van der Waals surface area contributed by atoms with Crippen LogP contribution >= 0.6 is 24.0 Å². The first kappa shape index (κ1) is 23.5. The lowest BCUT2D eigenvalue weighted by Crippen LogP contribution is -2.46. The highest BCUT2D eigenvalue weighted by atomic mass is 127. The minimum absolute atomic E-state index is 0. The third-order valence-electron chi connectivity index (χ3n) is 4.83. The number of rotatable bonds is 6. The summed E-state index contributed by atoms with van der Waals surface area (Å²) in [5, 5.41) is 6.45. The van der Waals surface area contributed by atoms with E-state index in [1.54, 1.807) is 25.2 Å². The molecule has 3 rings (SSSR count).